The average Bonchev–Trinajstić information content (AvgIpc) is 2.76. The number of carbonyl (C=O) groups is 1. The van der Waals surface area contributed by atoms with Crippen LogP contribution in [0.4, 0.5) is 18.9 Å². The number of alkyl halides is 3. The van der Waals surface area contributed by atoms with E-state index in [-0.39, 0.29) is 11.3 Å². The summed E-state index contributed by atoms with van der Waals surface area (Å²) >= 11 is 0. The van der Waals surface area contributed by atoms with Crippen molar-refractivity contribution in [2.45, 2.75) is 18.3 Å². The molecule has 4 rings (SSSR count). The van der Waals surface area contributed by atoms with Crippen molar-refractivity contribution in [2.24, 2.45) is 0 Å². The number of anilines is 1. The molecule has 1 aliphatic rings. The first kappa shape index (κ1) is 20.9. The highest BCUT2D eigenvalue weighted by atomic mass is 19.4. The van der Waals surface area contributed by atoms with Crippen LogP contribution in [0.1, 0.15) is 15.9 Å². The fourth-order valence-electron chi connectivity index (χ4n) is 4.04. The van der Waals surface area contributed by atoms with Crippen molar-refractivity contribution >= 4 is 11.6 Å². The van der Waals surface area contributed by atoms with Gasteiger partial charge in [-0.05, 0) is 34.9 Å². The molecular weight excluding hydrogens is 405 g/mol. The molecule has 31 heavy (non-hydrogen) atoms. The number of fused-ring (bicyclic) bond motifs is 1. The maximum Gasteiger partial charge on any atom is 0.430 e. The Bertz CT molecular complexity index is 1070. The molecule has 1 amide bonds. The first-order chi connectivity index (χ1) is 14.9. The Morgan fingerprint density at radius 2 is 1.58 bits per heavy atom. The second kappa shape index (κ2) is 8.07. The van der Waals surface area contributed by atoms with E-state index in [2.05, 4.69) is 5.32 Å². The van der Waals surface area contributed by atoms with Gasteiger partial charge in [0.25, 0.3) is 5.91 Å². The molecule has 7 heteroatoms. The molecule has 0 bridgehead atoms. The van der Waals surface area contributed by atoms with Gasteiger partial charge < -0.3 is 15.3 Å². The lowest BCUT2D eigenvalue weighted by atomic mass is 9.85. The van der Waals surface area contributed by atoms with E-state index in [0.29, 0.717) is 10.5 Å². The molecule has 0 aromatic heterocycles. The van der Waals surface area contributed by atoms with Crippen LogP contribution in [0.3, 0.4) is 0 Å². The Hall–Kier alpha value is -3.32. The molecule has 160 valence electrons. The molecule has 3 aromatic rings. The van der Waals surface area contributed by atoms with Gasteiger partial charge in [-0.15, -0.1) is 0 Å². The summed E-state index contributed by atoms with van der Waals surface area (Å²) in [7, 11) is 0. The second-order valence-corrected chi connectivity index (χ2v) is 7.44. The highest BCUT2D eigenvalue weighted by Crippen LogP contribution is 2.43. The summed E-state index contributed by atoms with van der Waals surface area (Å²) in [5.41, 5.74) is -0.346. The molecule has 1 atom stereocenters. The van der Waals surface area contributed by atoms with E-state index in [1.165, 1.54) is 12.1 Å². The molecule has 1 heterocycles. The van der Waals surface area contributed by atoms with Crippen LogP contribution in [-0.4, -0.2) is 40.9 Å². The normalized spacial score (nSPS) is 18.6. The zero-order valence-electron chi connectivity index (χ0n) is 16.6. The smallest absolute Gasteiger partial charge is 0.395 e. The standard InChI is InChI=1S/C24H21F3N2O2/c25-24(26,27)23(28-20-9-5-2-6-10-20)16-19-15-18(17-7-3-1-4-8-17)11-12-21(19)22(31)29(23)13-14-30/h1-12,15,28,30H,13-14,16H2. The average molecular weight is 426 g/mol. The number of aliphatic hydroxyl groups is 1. The van der Waals surface area contributed by atoms with Crippen molar-refractivity contribution in [1.82, 2.24) is 4.90 Å². The summed E-state index contributed by atoms with van der Waals surface area (Å²) < 4.78 is 43.8. The molecule has 0 saturated heterocycles. The lowest BCUT2D eigenvalue weighted by Gasteiger charge is -2.48. The van der Waals surface area contributed by atoms with Crippen molar-refractivity contribution in [3.63, 3.8) is 0 Å². The van der Waals surface area contributed by atoms with Crippen LogP contribution in [0.5, 0.6) is 0 Å². The molecule has 1 aliphatic heterocycles. The third-order valence-corrected chi connectivity index (χ3v) is 5.51. The Balaban J connectivity index is 1.86. The number of hydrogen-bond acceptors (Lipinski definition) is 3. The number of rotatable bonds is 5. The van der Waals surface area contributed by atoms with Gasteiger partial charge in [-0.1, -0.05) is 60.7 Å². The highest BCUT2D eigenvalue weighted by Gasteiger charge is 2.62. The SMILES string of the molecule is O=C1c2ccc(-c3ccccc3)cc2CC(Nc2ccccc2)(C(F)(F)F)N1CCO. The Labute approximate surface area is 177 Å². The summed E-state index contributed by atoms with van der Waals surface area (Å²) in [5, 5.41) is 12.0. The molecule has 0 saturated carbocycles. The van der Waals surface area contributed by atoms with Crippen LogP contribution < -0.4 is 5.32 Å². The molecular formula is C24H21F3N2O2. The molecule has 0 fully saturated rings. The van der Waals surface area contributed by atoms with Gasteiger partial charge in [0, 0.05) is 24.2 Å². The molecule has 3 aromatic carbocycles. The number of nitrogens with one attached hydrogen (secondary N) is 1. The number of β-amino-alcohol motifs (C(OH)–C–C–N with tert-alkyl or cyclic N) is 1. The summed E-state index contributed by atoms with van der Waals surface area (Å²) in [5.74, 6) is -0.768. The van der Waals surface area contributed by atoms with E-state index >= 15 is 0 Å². The van der Waals surface area contributed by atoms with Gasteiger partial charge in [-0.25, -0.2) is 0 Å². The van der Waals surface area contributed by atoms with Gasteiger partial charge in [-0.3, -0.25) is 4.79 Å². The van der Waals surface area contributed by atoms with E-state index in [9.17, 15) is 23.1 Å². The summed E-state index contributed by atoms with van der Waals surface area (Å²) in [6.45, 7) is -1.03. The van der Waals surface area contributed by atoms with Gasteiger partial charge in [-0.2, -0.15) is 13.2 Å². The lowest BCUT2D eigenvalue weighted by molar-refractivity contribution is -0.216. The van der Waals surface area contributed by atoms with Gasteiger partial charge >= 0.3 is 6.18 Å². The van der Waals surface area contributed by atoms with Gasteiger partial charge in [0.1, 0.15) is 0 Å². The maximum absolute atomic E-state index is 14.6. The highest BCUT2D eigenvalue weighted by molar-refractivity contribution is 5.98. The first-order valence-electron chi connectivity index (χ1n) is 9.87. The predicted molar refractivity (Wildman–Crippen MR) is 113 cm³/mol. The molecule has 0 aliphatic carbocycles. The van der Waals surface area contributed by atoms with Gasteiger partial charge in [0.2, 0.25) is 5.66 Å². The number of nitrogens with zero attached hydrogens (tertiary/aromatic N) is 1. The fraction of sp³-hybridized carbons (Fsp3) is 0.208. The Morgan fingerprint density at radius 3 is 2.19 bits per heavy atom. The van der Waals surface area contributed by atoms with Crippen molar-refractivity contribution in [2.75, 3.05) is 18.5 Å². The van der Waals surface area contributed by atoms with Crippen LogP contribution in [0.25, 0.3) is 11.1 Å². The molecule has 2 N–H and O–H groups in total. The Morgan fingerprint density at radius 1 is 0.935 bits per heavy atom. The number of aliphatic hydroxyl groups excluding tert-OH is 1. The number of hydrogen-bond donors (Lipinski definition) is 2. The number of amides is 1. The van der Waals surface area contributed by atoms with Crippen LogP contribution in [0.2, 0.25) is 0 Å². The maximum atomic E-state index is 14.6. The molecule has 1 unspecified atom stereocenters. The minimum absolute atomic E-state index is 0.211. The van der Waals surface area contributed by atoms with Crippen LogP contribution >= 0.6 is 0 Å². The quantitative estimate of drug-likeness (QED) is 0.621. The summed E-state index contributed by atoms with van der Waals surface area (Å²) in [4.78, 5) is 13.9. The van der Waals surface area contributed by atoms with Crippen molar-refractivity contribution in [1.29, 1.82) is 0 Å². The molecule has 4 nitrogen and oxygen atoms in total. The van der Waals surface area contributed by atoms with Crippen LogP contribution in [-0.2, 0) is 6.42 Å². The van der Waals surface area contributed by atoms with E-state index < -0.39 is 37.3 Å². The van der Waals surface area contributed by atoms with E-state index in [1.54, 1.807) is 36.4 Å². The first-order valence-corrected chi connectivity index (χ1v) is 9.87. The number of carbonyl (C=O) groups excluding carboxylic acids is 1. The zero-order chi connectivity index (χ0) is 22.1. The van der Waals surface area contributed by atoms with Crippen LogP contribution in [0.15, 0.2) is 78.9 Å². The number of benzene rings is 3. The third-order valence-electron chi connectivity index (χ3n) is 5.51. The largest absolute Gasteiger partial charge is 0.430 e. The fourth-order valence-corrected chi connectivity index (χ4v) is 4.04. The van der Waals surface area contributed by atoms with Crippen LogP contribution in [0, 0.1) is 0 Å². The topological polar surface area (TPSA) is 52.6 Å². The van der Waals surface area contributed by atoms with Crippen molar-refractivity contribution < 1.29 is 23.1 Å². The Kier molecular flexibility index (Phi) is 5.45. The summed E-state index contributed by atoms with van der Waals surface area (Å²) in [6.07, 6.45) is -5.28. The number of halogens is 3. The molecule has 0 spiro atoms. The van der Waals surface area contributed by atoms with E-state index in [4.69, 9.17) is 0 Å². The van der Waals surface area contributed by atoms with Gasteiger partial charge in [0.15, 0.2) is 0 Å². The lowest BCUT2D eigenvalue weighted by Crippen LogP contribution is -2.69. The zero-order valence-corrected chi connectivity index (χ0v) is 16.6. The summed E-state index contributed by atoms with van der Waals surface area (Å²) in [6, 6.07) is 22.2. The molecule has 0 radical (unpaired) electrons. The minimum atomic E-state index is -4.80. The van der Waals surface area contributed by atoms with Crippen molar-refractivity contribution in [3.05, 3.63) is 90.0 Å². The van der Waals surface area contributed by atoms with Crippen molar-refractivity contribution in [3.8, 4) is 11.1 Å². The van der Waals surface area contributed by atoms with E-state index in [0.717, 1.165) is 11.1 Å². The third kappa shape index (κ3) is 3.77. The minimum Gasteiger partial charge on any atom is -0.395 e. The predicted octanol–water partition coefficient (Wildman–Crippen LogP) is 4.71. The monoisotopic (exact) mass is 426 g/mol. The van der Waals surface area contributed by atoms with E-state index in [1.807, 2.05) is 30.3 Å². The van der Waals surface area contributed by atoms with Gasteiger partial charge in [0.05, 0.1) is 6.61 Å². The second-order valence-electron chi connectivity index (χ2n) is 7.44. The number of para-hydroxylation sites is 1.